The average Bonchev–Trinajstić information content (AvgIpc) is 2.06. The van der Waals surface area contributed by atoms with Gasteiger partial charge >= 0.3 is 10.4 Å². The molecule has 0 spiro atoms. The topological polar surface area (TPSA) is 87.5 Å². The van der Waals surface area contributed by atoms with Crippen molar-refractivity contribution in [2.24, 2.45) is 0 Å². The minimum Gasteiger partial charge on any atom is -0.265 e. The molecule has 0 aromatic carbocycles. The fourth-order valence-corrected chi connectivity index (χ4v) is 0.313. The maximum Gasteiger partial charge on any atom is 0.394 e. The Morgan fingerprint density at radius 2 is 1.36 bits per heavy atom. The molecule has 0 atom stereocenters. The molecule has 0 bridgehead atoms. The molecule has 0 aliphatic heterocycles. The second kappa shape index (κ2) is 10.1. The number of hydrogen-bond donors (Lipinski definition) is 2. The van der Waals surface area contributed by atoms with Gasteiger partial charge in [-0.1, -0.05) is 26.3 Å². The van der Waals surface area contributed by atoms with E-state index in [0.29, 0.717) is 0 Å². The van der Waals surface area contributed by atoms with Gasteiger partial charge in [0.15, 0.2) is 0 Å². The number of aromatic nitrogens is 1. The van der Waals surface area contributed by atoms with E-state index in [9.17, 15) is 0 Å². The number of hydrogen-bond acceptors (Lipinski definition) is 3. The molecular weight excluding hydrogens is 206 g/mol. The molecule has 14 heavy (non-hydrogen) atoms. The highest BCUT2D eigenvalue weighted by atomic mass is 32.3. The average molecular weight is 221 g/mol. The van der Waals surface area contributed by atoms with Crippen LogP contribution in [-0.4, -0.2) is 22.5 Å². The van der Waals surface area contributed by atoms with Crippen LogP contribution in [0.1, 0.15) is 20.3 Å². The minimum atomic E-state index is -4.67. The summed E-state index contributed by atoms with van der Waals surface area (Å²) in [5.74, 6) is 0. The standard InChI is InChI=1S/C5H5N.C3H8.H2O4S/c1-2-4-6-5-3-1;1-3-2;1-5(2,3)4/h1-5H;3H2,1-2H3;(H2,1,2,3,4). The van der Waals surface area contributed by atoms with Gasteiger partial charge in [-0.15, -0.1) is 0 Å². The van der Waals surface area contributed by atoms with E-state index >= 15 is 0 Å². The van der Waals surface area contributed by atoms with Gasteiger partial charge in [0.2, 0.25) is 0 Å². The molecule has 0 saturated heterocycles. The highest BCUT2D eigenvalue weighted by molar-refractivity contribution is 7.79. The predicted octanol–water partition coefficient (Wildman–Crippen LogP) is 1.85. The van der Waals surface area contributed by atoms with E-state index in [1.54, 1.807) is 12.4 Å². The maximum absolute atomic E-state index is 8.74. The summed E-state index contributed by atoms with van der Waals surface area (Å²) in [6, 6.07) is 5.72. The summed E-state index contributed by atoms with van der Waals surface area (Å²) in [5.41, 5.74) is 0. The zero-order valence-electron chi connectivity index (χ0n) is 8.16. The molecule has 0 fully saturated rings. The molecular formula is C8H15NO4S. The van der Waals surface area contributed by atoms with Crippen molar-refractivity contribution in [3.63, 3.8) is 0 Å². The first kappa shape index (κ1) is 15.5. The Morgan fingerprint density at radius 1 is 1.07 bits per heavy atom. The van der Waals surface area contributed by atoms with E-state index in [2.05, 4.69) is 18.8 Å². The van der Waals surface area contributed by atoms with Crippen LogP contribution in [0.4, 0.5) is 0 Å². The normalized spacial score (nSPS) is 8.86. The van der Waals surface area contributed by atoms with Crippen LogP contribution >= 0.6 is 0 Å². The van der Waals surface area contributed by atoms with Crippen LogP contribution in [0.3, 0.4) is 0 Å². The van der Waals surface area contributed by atoms with Crippen molar-refractivity contribution in [1.82, 2.24) is 4.98 Å². The van der Waals surface area contributed by atoms with Crippen molar-refractivity contribution in [2.75, 3.05) is 0 Å². The zero-order chi connectivity index (χ0) is 11.4. The number of rotatable bonds is 0. The Kier molecular flexibility index (Phi) is 11.2. The van der Waals surface area contributed by atoms with E-state index in [4.69, 9.17) is 17.5 Å². The molecule has 0 unspecified atom stereocenters. The van der Waals surface area contributed by atoms with E-state index in [1.165, 1.54) is 6.42 Å². The largest absolute Gasteiger partial charge is 0.394 e. The fourth-order valence-electron chi connectivity index (χ4n) is 0.313. The molecule has 0 radical (unpaired) electrons. The highest BCUT2D eigenvalue weighted by Crippen LogP contribution is 1.73. The van der Waals surface area contributed by atoms with E-state index in [-0.39, 0.29) is 0 Å². The molecule has 1 aromatic rings. The van der Waals surface area contributed by atoms with Crippen molar-refractivity contribution < 1.29 is 17.5 Å². The number of nitrogens with zero attached hydrogens (tertiary/aromatic N) is 1. The lowest BCUT2D eigenvalue weighted by molar-refractivity contribution is 0.381. The Morgan fingerprint density at radius 3 is 1.43 bits per heavy atom. The van der Waals surface area contributed by atoms with Gasteiger partial charge in [-0.2, -0.15) is 8.42 Å². The van der Waals surface area contributed by atoms with Gasteiger partial charge in [-0.25, -0.2) is 0 Å². The van der Waals surface area contributed by atoms with Crippen LogP contribution in [0.15, 0.2) is 30.6 Å². The van der Waals surface area contributed by atoms with Crippen LogP contribution in [0.5, 0.6) is 0 Å². The summed E-state index contributed by atoms with van der Waals surface area (Å²) < 4.78 is 31.6. The van der Waals surface area contributed by atoms with Crippen LogP contribution < -0.4 is 0 Å². The van der Waals surface area contributed by atoms with Crippen molar-refractivity contribution in [1.29, 1.82) is 0 Å². The van der Waals surface area contributed by atoms with E-state index in [1.807, 2.05) is 18.2 Å². The van der Waals surface area contributed by atoms with Crippen molar-refractivity contribution >= 4 is 10.4 Å². The van der Waals surface area contributed by atoms with E-state index in [0.717, 1.165) is 0 Å². The molecule has 1 aromatic heterocycles. The quantitative estimate of drug-likeness (QED) is 0.653. The van der Waals surface area contributed by atoms with Crippen molar-refractivity contribution in [3.8, 4) is 0 Å². The molecule has 2 N–H and O–H groups in total. The lowest BCUT2D eigenvalue weighted by atomic mass is 10.5. The van der Waals surface area contributed by atoms with E-state index < -0.39 is 10.4 Å². The molecule has 1 heterocycles. The molecule has 82 valence electrons. The van der Waals surface area contributed by atoms with Gasteiger partial charge in [0.05, 0.1) is 0 Å². The first-order valence-corrected chi connectivity index (χ1v) is 5.36. The minimum absolute atomic E-state index is 1.25. The van der Waals surface area contributed by atoms with Gasteiger partial charge in [0.25, 0.3) is 0 Å². The van der Waals surface area contributed by atoms with Gasteiger partial charge in [0.1, 0.15) is 0 Å². The maximum atomic E-state index is 8.74. The van der Waals surface area contributed by atoms with Crippen molar-refractivity contribution in [2.45, 2.75) is 20.3 Å². The van der Waals surface area contributed by atoms with Crippen LogP contribution in [0, 0.1) is 0 Å². The highest BCUT2D eigenvalue weighted by Gasteiger charge is 1.84. The molecule has 1 rings (SSSR count). The second-order valence-corrected chi connectivity index (χ2v) is 3.08. The third-order valence-corrected chi connectivity index (χ3v) is 0.566. The molecule has 0 saturated carbocycles. The SMILES string of the molecule is CCC.O=S(=O)(O)O.c1ccncc1. The van der Waals surface area contributed by atoms with Crippen LogP contribution in [-0.2, 0) is 10.4 Å². The van der Waals surface area contributed by atoms with Crippen LogP contribution in [0.2, 0.25) is 0 Å². The zero-order valence-corrected chi connectivity index (χ0v) is 8.98. The summed E-state index contributed by atoms with van der Waals surface area (Å²) in [7, 11) is -4.67. The molecule has 0 amide bonds. The summed E-state index contributed by atoms with van der Waals surface area (Å²) in [6.45, 7) is 4.25. The Hall–Kier alpha value is -0.980. The molecule has 0 aliphatic carbocycles. The first-order valence-electron chi connectivity index (χ1n) is 3.96. The monoisotopic (exact) mass is 221 g/mol. The lowest BCUT2D eigenvalue weighted by Gasteiger charge is -1.70. The van der Waals surface area contributed by atoms with Crippen LogP contribution in [0.25, 0.3) is 0 Å². The summed E-state index contributed by atoms with van der Waals surface area (Å²) >= 11 is 0. The third kappa shape index (κ3) is 43.9. The first-order chi connectivity index (χ1) is 6.41. The second-order valence-electron chi connectivity index (χ2n) is 2.18. The van der Waals surface area contributed by atoms with Gasteiger partial charge < -0.3 is 0 Å². The van der Waals surface area contributed by atoms with Gasteiger partial charge in [-0.3, -0.25) is 14.1 Å². The molecule has 0 aliphatic rings. The van der Waals surface area contributed by atoms with Crippen molar-refractivity contribution in [3.05, 3.63) is 30.6 Å². The number of pyridine rings is 1. The molecule has 6 heteroatoms. The Labute approximate surface area is 84.4 Å². The third-order valence-electron chi connectivity index (χ3n) is 0.566. The fraction of sp³-hybridized carbons (Fsp3) is 0.375. The summed E-state index contributed by atoms with van der Waals surface area (Å²) in [4.78, 5) is 3.78. The summed E-state index contributed by atoms with van der Waals surface area (Å²) in [5, 5.41) is 0. The smallest absolute Gasteiger partial charge is 0.265 e. The molecule has 5 nitrogen and oxygen atoms in total. The lowest BCUT2D eigenvalue weighted by Crippen LogP contribution is -1.89. The Balaban J connectivity index is 0. The van der Waals surface area contributed by atoms with Gasteiger partial charge in [-0.05, 0) is 12.1 Å². The summed E-state index contributed by atoms with van der Waals surface area (Å²) in [6.07, 6.45) is 4.75. The Bertz CT molecular complexity index is 251. The van der Waals surface area contributed by atoms with Gasteiger partial charge in [0, 0.05) is 12.4 Å². The predicted molar refractivity (Wildman–Crippen MR) is 54.4 cm³/mol.